The number of nitro benzene ring substituents is 1. The van der Waals surface area contributed by atoms with E-state index in [1.165, 1.54) is 36.4 Å². The summed E-state index contributed by atoms with van der Waals surface area (Å²) in [6.45, 7) is 0. The average Bonchev–Trinajstić information content (AvgIpc) is 2.44. The molecule has 0 radical (unpaired) electrons. The Bertz CT molecular complexity index is 825. The van der Waals surface area contributed by atoms with E-state index in [1.807, 2.05) is 0 Å². The highest BCUT2D eigenvalue weighted by molar-refractivity contribution is 5.67. The highest BCUT2D eigenvalue weighted by atomic mass is 16.6. The van der Waals surface area contributed by atoms with Crippen molar-refractivity contribution >= 4 is 23.5 Å². The van der Waals surface area contributed by atoms with E-state index < -0.39 is 27.0 Å². The molecule has 0 fully saturated rings. The van der Waals surface area contributed by atoms with E-state index in [-0.39, 0.29) is 11.5 Å². The van der Waals surface area contributed by atoms with Gasteiger partial charge in [-0.3, -0.25) is 25.0 Å². The zero-order chi connectivity index (χ0) is 16.3. The first kappa shape index (κ1) is 14.8. The molecule has 0 aliphatic heterocycles. The fourth-order valence-corrected chi connectivity index (χ4v) is 1.60. The van der Waals surface area contributed by atoms with Gasteiger partial charge in [0.05, 0.1) is 9.85 Å². The van der Waals surface area contributed by atoms with E-state index in [1.54, 1.807) is 0 Å². The van der Waals surface area contributed by atoms with Crippen LogP contribution in [0.1, 0.15) is 11.4 Å². The molecule has 0 saturated carbocycles. The van der Waals surface area contributed by atoms with Gasteiger partial charge in [-0.1, -0.05) is 6.08 Å². The molecule has 2 rings (SSSR count). The molecule has 0 aliphatic carbocycles. The summed E-state index contributed by atoms with van der Waals surface area (Å²) in [5.74, 6) is -1.08. The molecule has 0 spiro atoms. The molecular weight excluding hydrogens is 296 g/mol. The van der Waals surface area contributed by atoms with Gasteiger partial charge in [0, 0.05) is 12.1 Å². The topological polar surface area (TPSA) is 152 Å². The first-order valence-electron chi connectivity index (χ1n) is 5.78. The van der Waals surface area contributed by atoms with E-state index in [0.717, 1.165) is 0 Å². The Kier molecular flexibility index (Phi) is 3.93. The Morgan fingerprint density at radius 2 is 1.73 bits per heavy atom. The lowest BCUT2D eigenvalue weighted by molar-refractivity contribution is -0.387. The van der Waals surface area contributed by atoms with Crippen molar-refractivity contribution in [3.8, 4) is 5.88 Å². The third-order valence-corrected chi connectivity index (χ3v) is 2.61. The minimum absolute atomic E-state index is 0.0725. The molecule has 10 heteroatoms. The molecule has 2 N–H and O–H groups in total. The lowest BCUT2D eigenvalue weighted by Gasteiger charge is -1.97. The maximum Gasteiger partial charge on any atom is 0.395 e. The van der Waals surface area contributed by atoms with Crippen LogP contribution in [-0.4, -0.2) is 24.9 Å². The number of aromatic hydroxyl groups is 1. The normalized spacial score (nSPS) is 10.7. The molecule has 22 heavy (non-hydrogen) atoms. The highest BCUT2D eigenvalue weighted by Gasteiger charge is 2.21. The van der Waals surface area contributed by atoms with Crippen LogP contribution in [0.25, 0.3) is 12.2 Å². The van der Waals surface area contributed by atoms with Crippen LogP contribution in [-0.2, 0) is 0 Å². The van der Waals surface area contributed by atoms with Crippen molar-refractivity contribution in [2.45, 2.75) is 0 Å². The number of aromatic amines is 1. The summed E-state index contributed by atoms with van der Waals surface area (Å²) in [6, 6.07) is 5.53. The first-order valence-corrected chi connectivity index (χ1v) is 5.78. The summed E-state index contributed by atoms with van der Waals surface area (Å²) in [4.78, 5) is 36.5. The largest absolute Gasteiger partial charge is 0.488 e. The van der Waals surface area contributed by atoms with Crippen LogP contribution < -0.4 is 5.56 Å². The number of non-ortho nitro benzene ring substituents is 1. The number of rotatable bonds is 4. The number of nitro groups is 2. The molecule has 1 aromatic heterocycles. The van der Waals surface area contributed by atoms with E-state index in [2.05, 4.69) is 9.97 Å². The van der Waals surface area contributed by atoms with Gasteiger partial charge in [0.15, 0.2) is 0 Å². The van der Waals surface area contributed by atoms with Gasteiger partial charge in [-0.2, -0.15) is 4.98 Å². The lowest BCUT2D eigenvalue weighted by Crippen LogP contribution is -2.14. The number of H-pyrrole nitrogens is 1. The molecule has 0 amide bonds. The quantitative estimate of drug-likeness (QED) is 0.640. The smallest absolute Gasteiger partial charge is 0.395 e. The van der Waals surface area contributed by atoms with Crippen LogP contribution in [0.5, 0.6) is 5.88 Å². The van der Waals surface area contributed by atoms with Crippen molar-refractivity contribution < 1.29 is 15.0 Å². The van der Waals surface area contributed by atoms with Crippen molar-refractivity contribution in [3.05, 3.63) is 66.2 Å². The molecule has 0 bridgehead atoms. The molecule has 0 unspecified atom stereocenters. The summed E-state index contributed by atoms with van der Waals surface area (Å²) >= 11 is 0. The summed E-state index contributed by atoms with van der Waals surface area (Å²) in [6.07, 6.45) is 2.76. The van der Waals surface area contributed by atoms with Gasteiger partial charge in [-0.25, -0.2) is 0 Å². The second-order valence-corrected chi connectivity index (χ2v) is 4.06. The highest BCUT2D eigenvalue weighted by Crippen LogP contribution is 2.18. The molecule has 0 saturated heterocycles. The molecule has 0 atom stereocenters. The summed E-state index contributed by atoms with van der Waals surface area (Å²) in [5.41, 5.74) is -1.61. The minimum atomic E-state index is -1.08. The molecule has 0 aliphatic rings. The average molecular weight is 304 g/mol. The number of hydrogen-bond acceptors (Lipinski definition) is 7. The third kappa shape index (κ3) is 3.12. The predicted molar refractivity (Wildman–Crippen MR) is 75.2 cm³/mol. The molecular formula is C12H8N4O6. The van der Waals surface area contributed by atoms with Crippen LogP contribution in [0.15, 0.2) is 29.1 Å². The first-order chi connectivity index (χ1) is 10.4. The van der Waals surface area contributed by atoms with Crippen molar-refractivity contribution in [1.82, 2.24) is 9.97 Å². The van der Waals surface area contributed by atoms with Crippen LogP contribution >= 0.6 is 0 Å². The second-order valence-electron chi connectivity index (χ2n) is 4.06. The van der Waals surface area contributed by atoms with Crippen LogP contribution in [0.4, 0.5) is 11.4 Å². The SMILES string of the molecule is O=c1[nH]c(/C=C\c2ccc([N+](=O)[O-])cc2)nc(O)c1[N+](=O)[O-]. The Hall–Kier alpha value is -3.56. The number of benzene rings is 1. The van der Waals surface area contributed by atoms with Crippen molar-refractivity contribution in [2.75, 3.05) is 0 Å². The molecule has 10 nitrogen and oxygen atoms in total. The number of hydrogen-bond donors (Lipinski definition) is 2. The second kappa shape index (κ2) is 5.83. The van der Waals surface area contributed by atoms with Crippen LogP contribution in [0.2, 0.25) is 0 Å². The summed E-state index contributed by atoms with van der Waals surface area (Å²) in [5, 5.41) is 30.4. The van der Waals surface area contributed by atoms with Gasteiger partial charge in [-0.05, 0) is 23.8 Å². The fourth-order valence-electron chi connectivity index (χ4n) is 1.60. The zero-order valence-electron chi connectivity index (χ0n) is 10.8. The predicted octanol–water partition coefficient (Wildman–Crippen LogP) is 1.46. The lowest BCUT2D eigenvalue weighted by atomic mass is 10.2. The molecule has 1 heterocycles. The van der Waals surface area contributed by atoms with Gasteiger partial charge in [0.2, 0.25) is 0 Å². The number of aromatic nitrogens is 2. The summed E-state index contributed by atoms with van der Waals surface area (Å²) in [7, 11) is 0. The standard InChI is InChI=1S/C12H8N4O6/c17-11-10(16(21)22)12(18)14-9(13-11)6-3-7-1-4-8(5-2-7)15(19)20/h1-6H,(H2,13,14,17,18)/b6-3-. The van der Waals surface area contributed by atoms with Crippen molar-refractivity contribution in [1.29, 1.82) is 0 Å². The van der Waals surface area contributed by atoms with Gasteiger partial charge in [0.1, 0.15) is 5.82 Å². The minimum Gasteiger partial charge on any atom is -0.488 e. The van der Waals surface area contributed by atoms with Gasteiger partial charge in [0.25, 0.3) is 11.6 Å². The third-order valence-electron chi connectivity index (χ3n) is 2.61. The van der Waals surface area contributed by atoms with E-state index in [4.69, 9.17) is 0 Å². The van der Waals surface area contributed by atoms with Crippen LogP contribution in [0, 0.1) is 20.2 Å². The summed E-state index contributed by atoms with van der Waals surface area (Å²) < 4.78 is 0. The van der Waals surface area contributed by atoms with E-state index in [0.29, 0.717) is 5.56 Å². The Morgan fingerprint density at radius 3 is 2.23 bits per heavy atom. The monoisotopic (exact) mass is 304 g/mol. The van der Waals surface area contributed by atoms with Crippen molar-refractivity contribution in [2.24, 2.45) is 0 Å². The van der Waals surface area contributed by atoms with Gasteiger partial charge < -0.3 is 10.1 Å². The fraction of sp³-hybridized carbons (Fsp3) is 0. The Balaban J connectivity index is 2.29. The van der Waals surface area contributed by atoms with Crippen LogP contribution in [0.3, 0.4) is 0 Å². The Morgan fingerprint density at radius 1 is 1.09 bits per heavy atom. The Labute approximate surface area is 121 Å². The van der Waals surface area contributed by atoms with Crippen molar-refractivity contribution in [3.63, 3.8) is 0 Å². The van der Waals surface area contributed by atoms with Gasteiger partial charge in [-0.15, -0.1) is 0 Å². The number of nitrogens with zero attached hydrogens (tertiary/aromatic N) is 3. The maximum absolute atomic E-state index is 11.4. The van der Waals surface area contributed by atoms with Gasteiger partial charge >= 0.3 is 11.2 Å². The van der Waals surface area contributed by atoms with E-state index in [9.17, 15) is 30.1 Å². The molecule has 112 valence electrons. The van der Waals surface area contributed by atoms with E-state index >= 15 is 0 Å². The molecule has 2 aromatic rings. The maximum atomic E-state index is 11.4. The number of nitrogens with one attached hydrogen (secondary N) is 1. The molecule has 1 aromatic carbocycles. The zero-order valence-corrected chi connectivity index (χ0v) is 10.8.